The Morgan fingerprint density at radius 1 is 1.06 bits per heavy atom. The molecule has 3 saturated carbocycles. The molecule has 5 atom stereocenters. The Kier molecular flexibility index (Phi) is 9.57. The number of rotatable bonds is 12. The molecule has 2 aliphatic heterocycles. The topological polar surface area (TPSA) is 162 Å². The Labute approximate surface area is 293 Å². The second-order valence-electron chi connectivity index (χ2n) is 17.3. The fourth-order valence-electron chi connectivity index (χ4n) is 8.59. The Morgan fingerprint density at radius 2 is 1.66 bits per heavy atom. The first-order valence-electron chi connectivity index (χ1n) is 17.6. The molecule has 0 spiro atoms. The van der Waals surface area contributed by atoms with Gasteiger partial charge in [-0.05, 0) is 77.0 Å². The number of carbonyl (C=O) groups excluding carboxylic acids is 5. The maximum absolute atomic E-state index is 14.5. The number of ketones is 1. The Hall–Kier alpha value is -3.10. The maximum Gasteiger partial charge on any atom is 0.319 e. The molecule has 50 heavy (non-hydrogen) atoms. The standard InChI is InChI=1S/C35H53F2N5O7S/c1-9-16-38-28(45)25(43)22(17-20-10-11-20)39-27(44)24-23-21(32(23,5)6)18-41(24)29(46)26-33(7,8)42(30(47)40-26)34(12-14-35(36,37)15-13-34)19-50(48,49)31(2,3)4/h9,20-24,26H,1,10-19H2,2-8H3,(H,38,45)(H,39,44)(H,40,47). The molecule has 0 aromatic rings. The van der Waals surface area contributed by atoms with Crippen molar-refractivity contribution in [3.63, 3.8) is 0 Å². The lowest BCUT2D eigenvalue weighted by atomic mass is 9.77. The van der Waals surface area contributed by atoms with E-state index in [1.165, 1.54) is 36.6 Å². The molecule has 5 fully saturated rings. The van der Waals surface area contributed by atoms with Crippen molar-refractivity contribution < 1.29 is 41.2 Å². The fourth-order valence-corrected chi connectivity index (χ4v) is 10.2. The molecule has 5 amide bonds. The van der Waals surface area contributed by atoms with Crippen molar-refractivity contribution in [2.24, 2.45) is 23.2 Å². The Balaban J connectivity index is 1.42. The van der Waals surface area contributed by atoms with Gasteiger partial charge in [-0.3, -0.25) is 19.2 Å². The summed E-state index contributed by atoms with van der Waals surface area (Å²) in [6.45, 7) is 15.7. The third-order valence-corrected chi connectivity index (χ3v) is 14.9. The van der Waals surface area contributed by atoms with Gasteiger partial charge in [0.2, 0.25) is 23.5 Å². The van der Waals surface area contributed by atoms with Crippen LogP contribution >= 0.6 is 0 Å². The summed E-state index contributed by atoms with van der Waals surface area (Å²) in [6, 6.07) is -4.02. The van der Waals surface area contributed by atoms with Crippen LogP contribution < -0.4 is 16.0 Å². The number of amides is 5. The van der Waals surface area contributed by atoms with E-state index in [0.717, 1.165) is 12.8 Å². The van der Waals surface area contributed by atoms with Crippen LogP contribution in [0.15, 0.2) is 12.7 Å². The van der Waals surface area contributed by atoms with Gasteiger partial charge in [-0.25, -0.2) is 22.0 Å². The van der Waals surface area contributed by atoms with E-state index in [9.17, 15) is 41.2 Å². The van der Waals surface area contributed by atoms with Crippen LogP contribution in [0.25, 0.3) is 0 Å². The molecule has 5 rings (SSSR count). The number of fused-ring (bicyclic) bond motifs is 1. The minimum atomic E-state index is -3.90. The van der Waals surface area contributed by atoms with Crippen molar-refractivity contribution in [2.45, 2.75) is 133 Å². The van der Waals surface area contributed by atoms with E-state index in [1.54, 1.807) is 13.8 Å². The van der Waals surface area contributed by atoms with Crippen LogP contribution in [-0.2, 0) is 29.0 Å². The molecular formula is C35H53F2N5O7S. The summed E-state index contributed by atoms with van der Waals surface area (Å²) in [5.41, 5.74) is -3.15. The number of nitrogens with one attached hydrogen (secondary N) is 3. The van der Waals surface area contributed by atoms with Crippen LogP contribution in [0.3, 0.4) is 0 Å². The molecule has 280 valence electrons. The first-order chi connectivity index (χ1) is 22.9. The average molecular weight is 726 g/mol. The van der Waals surface area contributed by atoms with Crippen LogP contribution in [0, 0.1) is 23.2 Å². The van der Waals surface area contributed by atoms with Gasteiger partial charge in [-0.2, -0.15) is 0 Å². The number of hydrogen-bond acceptors (Lipinski definition) is 7. The van der Waals surface area contributed by atoms with Gasteiger partial charge in [0.05, 0.1) is 27.6 Å². The fraction of sp³-hybridized carbons (Fsp3) is 0.800. The number of hydrogen-bond donors (Lipinski definition) is 3. The molecule has 0 radical (unpaired) electrons. The highest BCUT2D eigenvalue weighted by molar-refractivity contribution is 7.92. The summed E-state index contributed by atoms with van der Waals surface area (Å²) in [7, 11) is -3.90. The third-order valence-electron chi connectivity index (χ3n) is 12.1. The number of likely N-dealkylation sites (tertiary alicyclic amines) is 1. The van der Waals surface area contributed by atoms with Gasteiger partial charge >= 0.3 is 6.03 Å². The van der Waals surface area contributed by atoms with Crippen molar-refractivity contribution in [2.75, 3.05) is 18.8 Å². The summed E-state index contributed by atoms with van der Waals surface area (Å²) in [5.74, 6) is -6.36. The normalized spacial score (nSPS) is 29.7. The number of alkyl halides is 2. The average Bonchev–Trinajstić information content (AvgIpc) is 3.81. The van der Waals surface area contributed by atoms with Crippen molar-refractivity contribution >= 4 is 39.4 Å². The van der Waals surface area contributed by atoms with Gasteiger partial charge in [0.1, 0.15) is 12.1 Å². The van der Waals surface area contributed by atoms with Gasteiger partial charge in [-0.15, -0.1) is 6.58 Å². The summed E-state index contributed by atoms with van der Waals surface area (Å²) in [6.07, 6.45) is 1.74. The highest BCUT2D eigenvalue weighted by Gasteiger charge is 2.71. The zero-order valence-corrected chi connectivity index (χ0v) is 31.1. The number of piperidine rings is 1. The van der Waals surface area contributed by atoms with Crippen LogP contribution in [0.5, 0.6) is 0 Å². The minimum absolute atomic E-state index is 0.0316. The molecule has 2 heterocycles. The van der Waals surface area contributed by atoms with Gasteiger partial charge < -0.3 is 25.8 Å². The SMILES string of the molecule is C=CCNC(=O)C(=O)C(CC1CC1)NC(=O)C1C2C(CN1C(=O)C1NC(=O)N(C3(CS(=O)(=O)C(C)(C)C)CCC(F)(F)CC3)C1(C)C)C2(C)C. The summed E-state index contributed by atoms with van der Waals surface area (Å²) in [4.78, 5) is 71.0. The lowest BCUT2D eigenvalue weighted by Gasteiger charge is -2.51. The molecule has 0 aromatic carbocycles. The lowest BCUT2D eigenvalue weighted by Crippen LogP contribution is -2.66. The molecule has 3 N–H and O–H groups in total. The molecule has 0 bridgehead atoms. The Bertz CT molecular complexity index is 1560. The van der Waals surface area contributed by atoms with Crippen molar-refractivity contribution in [1.29, 1.82) is 0 Å². The number of nitrogens with zero attached hydrogens (tertiary/aromatic N) is 2. The number of sulfone groups is 1. The maximum atomic E-state index is 14.5. The van der Waals surface area contributed by atoms with Gasteiger partial charge in [-0.1, -0.05) is 32.8 Å². The van der Waals surface area contributed by atoms with E-state index in [-0.39, 0.29) is 49.1 Å². The van der Waals surface area contributed by atoms with Crippen LogP contribution in [-0.4, -0.2) is 106 Å². The smallest absolute Gasteiger partial charge is 0.319 e. The molecule has 15 heteroatoms. The molecule has 2 saturated heterocycles. The third kappa shape index (κ3) is 6.79. The van der Waals surface area contributed by atoms with E-state index in [2.05, 4.69) is 22.5 Å². The monoisotopic (exact) mass is 725 g/mol. The van der Waals surface area contributed by atoms with Crippen molar-refractivity contribution in [1.82, 2.24) is 25.8 Å². The Morgan fingerprint density at radius 3 is 2.20 bits per heavy atom. The highest BCUT2D eigenvalue weighted by Crippen LogP contribution is 2.65. The van der Waals surface area contributed by atoms with E-state index in [1.807, 2.05) is 13.8 Å². The largest absolute Gasteiger partial charge is 0.346 e. The second kappa shape index (κ2) is 12.5. The van der Waals surface area contributed by atoms with Gasteiger partial charge in [0.15, 0.2) is 9.84 Å². The quantitative estimate of drug-likeness (QED) is 0.206. The van der Waals surface area contributed by atoms with Gasteiger partial charge in [0, 0.05) is 25.9 Å². The van der Waals surface area contributed by atoms with Crippen LogP contribution in [0.1, 0.15) is 93.4 Å². The first kappa shape index (κ1) is 38.1. The first-order valence-corrected chi connectivity index (χ1v) is 19.3. The van der Waals surface area contributed by atoms with Crippen LogP contribution in [0.2, 0.25) is 0 Å². The lowest BCUT2D eigenvalue weighted by molar-refractivity contribution is -0.145. The second-order valence-corrected chi connectivity index (χ2v) is 20.1. The van der Waals surface area contributed by atoms with Crippen molar-refractivity contribution in [3.8, 4) is 0 Å². The van der Waals surface area contributed by atoms with Crippen LogP contribution in [0.4, 0.5) is 13.6 Å². The molecular weight excluding hydrogens is 672 g/mol. The van der Waals surface area contributed by atoms with E-state index < -0.39 is 97.8 Å². The zero-order chi connectivity index (χ0) is 37.4. The zero-order valence-electron chi connectivity index (χ0n) is 30.2. The minimum Gasteiger partial charge on any atom is -0.346 e. The number of Topliss-reactive ketones (excluding diaryl/α,β-unsaturated/α-hetero) is 1. The molecule has 3 aliphatic carbocycles. The van der Waals surface area contributed by atoms with Gasteiger partial charge in [0.25, 0.3) is 5.91 Å². The molecule has 12 nitrogen and oxygen atoms in total. The molecule has 5 unspecified atom stereocenters. The number of halogens is 2. The number of carbonyl (C=O) groups is 5. The van der Waals surface area contributed by atoms with Crippen molar-refractivity contribution in [3.05, 3.63) is 12.7 Å². The predicted octanol–water partition coefficient (Wildman–Crippen LogP) is 2.96. The molecule has 0 aromatic heterocycles. The summed E-state index contributed by atoms with van der Waals surface area (Å²) >= 11 is 0. The summed E-state index contributed by atoms with van der Waals surface area (Å²) in [5, 5.41) is 8.01. The number of urea groups is 1. The highest BCUT2D eigenvalue weighted by atomic mass is 32.2. The van der Waals surface area contributed by atoms with E-state index in [4.69, 9.17) is 0 Å². The predicted molar refractivity (Wildman–Crippen MR) is 182 cm³/mol. The van der Waals surface area contributed by atoms with E-state index >= 15 is 0 Å². The molecule has 5 aliphatic rings. The van der Waals surface area contributed by atoms with E-state index in [0.29, 0.717) is 6.42 Å². The summed E-state index contributed by atoms with van der Waals surface area (Å²) < 4.78 is 55.0.